The molecule has 21 heavy (non-hydrogen) atoms. The zero-order valence-corrected chi connectivity index (χ0v) is 12.6. The third-order valence-corrected chi connectivity index (χ3v) is 3.99. The molecule has 1 unspecified atom stereocenters. The van der Waals surface area contributed by atoms with Gasteiger partial charge in [-0.1, -0.05) is 38.8 Å². The van der Waals surface area contributed by atoms with Gasteiger partial charge in [0.1, 0.15) is 17.4 Å². The van der Waals surface area contributed by atoms with Crippen LogP contribution in [-0.2, 0) is 0 Å². The van der Waals surface area contributed by atoms with Gasteiger partial charge in [0, 0.05) is 11.9 Å². The van der Waals surface area contributed by atoms with E-state index in [0.29, 0.717) is 5.92 Å². The molecule has 0 radical (unpaired) electrons. The fourth-order valence-corrected chi connectivity index (χ4v) is 2.75. The zero-order chi connectivity index (χ0) is 14.7. The summed E-state index contributed by atoms with van der Waals surface area (Å²) >= 11 is 0. The van der Waals surface area contributed by atoms with E-state index in [9.17, 15) is 0 Å². The minimum Gasteiger partial charge on any atom is -0.450 e. The number of hydrogen-bond acceptors (Lipinski definition) is 4. The van der Waals surface area contributed by atoms with Crippen LogP contribution in [0.25, 0.3) is 22.1 Å². The number of nitrogens with zero attached hydrogens (tertiary/aromatic N) is 2. The van der Waals surface area contributed by atoms with Crippen molar-refractivity contribution in [1.82, 2.24) is 9.97 Å². The van der Waals surface area contributed by atoms with E-state index in [2.05, 4.69) is 29.1 Å². The maximum Gasteiger partial charge on any atom is 0.196 e. The van der Waals surface area contributed by atoms with Gasteiger partial charge in [-0.25, -0.2) is 9.97 Å². The van der Waals surface area contributed by atoms with Crippen molar-refractivity contribution in [1.29, 1.82) is 0 Å². The smallest absolute Gasteiger partial charge is 0.196 e. The Morgan fingerprint density at radius 2 is 2.05 bits per heavy atom. The van der Waals surface area contributed by atoms with E-state index in [0.717, 1.165) is 34.4 Å². The summed E-state index contributed by atoms with van der Waals surface area (Å²) < 4.78 is 5.92. The molecule has 110 valence electrons. The van der Waals surface area contributed by atoms with Crippen molar-refractivity contribution in [3.05, 3.63) is 30.6 Å². The van der Waals surface area contributed by atoms with Crippen molar-refractivity contribution in [2.45, 2.75) is 33.1 Å². The molecule has 3 rings (SSSR count). The number of para-hydroxylation sites is 1. The molecule has 0 aliphatic heterocycles. The number of anilines is 1. The van der Waals surface area contributed by atoms with Crippen molar-refractivity contribution < 1.29 is 4.42 Å². The monoisotopic (exact) mass is 283 g/mol. The Morgan fingerprint density at radius 1 is 1.19 bits per heavy atom. The van der Waals surface area contributed by atoms with Gasteiger partial charge in [0.05, 0.1) is 0 Å². The molecular weight excluding hydrogens is 262 g/mol. The quantitative estimate of drug-likeness (QED) is 0.717. The molecule has 0 fully saturated rings. The Morgan fingerprint density at radius 3 is 2.86 bits per heavy atom. The number of fused-ring (bicyclic) bond motifs is 3. The number of nitrogens with one attached hydrogen (secondary N) is 1. The number of hydrogen-bond donors (Lipinski definition) is 1. The number of rotatable bonds is 6. The highest BCUT2D eigenvalue weighted by atomic mass is 16.3. The van der Waals surface area contributed by atoms with E-state index < -0.39 is 0 Å². The van der Waals surface area contributed by atoms with E-state index in [4.69, 9.17) is 4.42 Å². The van der Waals surface area contributed by atoms with Gasteiger partial charge in [0.15, 0.2) is 11.4 Å². The second-order valence-electron chi connectivity index (χ2n) is 5.44. The normalized spacial score (nSPS) is 12.9. The molecule has 0 aliphatic rings. The van der Waals surface area contributed by atoms with Crippen molar-refractivity contribution in [3.63, 3.8) is 0 Å². The lowest BCUT2D eigenvalue weighted by Gasteiger charge is -2.14. The number of furan rings is 1. The van der Waals surface area contributed by atoms with Crippen LogP contribution in [0.4, 0.5) is 5.82 Å². The lowest BCUT2D eigenvalue weighted by Crippen LogP contribution is -2.14. The van der Waals surface area contributed by atoms with Crippen LogP contribution in [0.1, 0.15) is 33.1 Å². The van der Waals surface area contributed by atoms with Crippen LogP contribution in [0.2, 0.25) is 0 Å². The maximum absolute atomic E-state index is 5.92. The van der Waals surface area contributed by atoms with Gasteiger partial charge >= 0.3 is 0 Å². The second-order valence-corrected chi connectivity index (χ2v) is 5.44. The first-order valence-electron chi connectivity index (χ1n) is 7.69. The number of benzene rings is 1. The fraction of sp³-hybridized carbons (Fsp3) is 0.412. The van der Waals surface area contributed by atoms with Crippen LogP contribution in [0.5, 0.6) is 0 Å². The van der Waals surface area contributed by atoms with Crippen LogP contribution in [-0.4, -0.2) is 16.5 Å². The molecule has 0 bridgehead atoms. The van der Waals surface area contributed by atoms with Crippen molar-refractivity contribution in [2.75, 3.05) is 11.9 Å². The van der Waals surface area contributed by atoms with Gasteiger partial charge < -0.3 is 9.73 Å². The van der Waals surface area contributed by atoms with Crippen molar-refractivity contribution >= 4 is 27.9 Å². The summed E-state index contributed by atoms with van der Waals surface area (Å²) in [4.78, 5) is 8.72. The van der Waals surface area contributed by atoms with E-state index in [1.165, 1.54) is 19.3 Å². The average Bonchev–Trinajstić information content (AvgIpc) is 2.91. The van der Waals surface area contributed by atoms with Gasteiger partial charge in [0.25, 0.3) is 0 Å². The Labute approximate surface area is 124 Å². The summed E-state index contributed by atoms with van der Waals surface area (Å²) in [5.41, 5.74) is 2.49. The van der Waals surface area contributed by atoms with E-state index in [1.807, 2.05) is 24.3 Å². The van der Waals surface area contributed by atoms with Crippen LogP contribution in [0.15, 0.2) is 35.0 Å². The SMILES string of the molecule is CCCC(CC)CNc1ncnc2c1oc1ccccc12. The number of aromatic nitrogens is 2. The molecule has 1 N–H and O–H groups in total. The van der Waals surface area contributed by atoms with Gasteiger partial charge in [-0.15, -0.1) is 0 Å². The largest absolute Gasteiger partial charge is 0.450 e. The molecule has 0 saturated heterocycles. The molecule has 0 spiro atoms. The van der Waals surface area contributed by atoms with E-state index in [1.54, 1.807) is 6.33 Å². The molecule has 4 heteroatoms. The molecule has 1 aromatic carbocycles. The van der Waals surface area contributed by atoms with Gasteiger partial charge in [-0.3, -0.25) is 0 Å². The minimum atomic E-state index is 0.671. The Balaban J connectivity index is 1.92. The average molecular weight is 283 g/mol. The van der Waals surface area contributed by atoms with Gasteiger partial charge in [-0.2, -0.15) is 0 Å². The van der Waals surface area contributed by atoms with E-state index >= 15 is 0 Å². The highest BCUT2D eigenvalue weighted by Crippen LogP contribution is 2.30. The molecular formula is C17H21N3O. The summed E-state index contributed by atoms with van der Waals surface area (Å²) in [7, 11) is 0. The van der Waals surface area contributed by atoms with Gasteiger partial charge in [-0.05, 0) is 24.5 Å². The van der Waals surface area contributed by atoms with Crippen LogP contribution in [0.3, 0.4) is 0 Å². The van der Waals surface area contributed by atoms with Crippen LogP contribution in [0, 0.1) is 5.92 Å². The molecule has 2 heterocycles. The predicted molar refractivity (Wildman–Crippen MR) is 86.5 cm³/mol. The molecule has 3 aromatic rings. The molecule has 4 nitrogen and oxygen atoms in total. The first-order valence-corrected chi connectivity index (χ1v) is 7.69. The summed E-state index contributed by atoms with van der Waals surface area (Å²) in [5.74, 6) is 1.47. The molecule has 2 aromatic heterocycles. The summed E-state index contributed by atoms with van der Waals surface area (Å²) in [5, 5.41) is 4.48. The first-order chi connectivity index (χ1) is 10.3. The summed E-state index contributed by atoms with van der Waals surface area (Å²) in [6, 6.07) is 7.97. The summed E-state index contributed by atoms with van der Waals surface area (Å²) in [6.07, 6.45) is 5.23. The van der Waals surface area contributed by atoms with Gasteiger partial charge in [0.2, 0.25) is 0 Å². The topological polar surface area (TPSA) is 51.0 Å². The Hall–Kier alpha value is -2.10. The lowest BCUT2D eigenvalue weighted by molar-refractivity contribution is 0.487. The third-order valence-electron chi connectivity index (χ3n) is 3.99. The molecule has 0 amide bonds. The molecule has 0 saturated carbocycles. The third kappa shape index (κ3) is 2.71. The van der Waals surface area contributed by atoms with Crippen molar-refractivity contribution in [3.8, 4) is 0 Å². The predicted octanol–water partition coefficient (Wildman–Crippen LogP) is 4.61. The highest BCUT2D eigenvalue weighted by molar-refractivity contribution is 6.05. The standard InChI is InChI=1S/C17H21N3O/c1-3-7-12(4-2)10-18-17-16-15(19-11-20-17)13-8-5-6-9-14(13)21-16/h5-6,8-9,11-12H,3-4,7,10H2,1-2H3,(H,18,19,20). The molecule has 0 aliphatic carbocycles. The zero-order valence-electron chi connectivity index (χ0n) is 12.6. The highest BCUT2D eigenvalue weighted by Gasteiger charge is 2.13. The fourth-order valence-electron chi connectivity index (χ4n) is 2.75. The van der Waals surface area contributed by atoms with Crippen molar-refractivity contribution in [2.24, 2.45) is 5.92 Å². The minimum absolute atomic E-state index is 0.671. The molecule has 1 atom stereocenters. The first kappa shape index (κ1) is 13.9. The maximum atomic E-state index is 5.92. The Bertz CT molecular complexity index is 735. The van der Waals surface area contributed by atoms with E-state index in [-0.39, 0.29) is 0 Å². The van der Waals surface area contributed by atoms with Crippen LogP contribution >= 0.6 is 0 Å². The Kier molecular flexibility index (Phi) is 4.04. The van der Waals surface area contributed by atoms with Crippen LogP contribution < -0.4 is 5.32 Å². The lowest BCUT2D eigenvalue weighted by atomic mass is 10.0. The second kappa shape index (κ2) is 6.12. The summed E-state index contributed by atoms with van der Waals surface area (Å²) in [6.45, 7) is 5.39.